The van der Waals surface area contributed by atoms with Gasteiger partial charge >= 0.3 is 0 Å². The van der Waals surface area contributed by atoms with Crippen LogP contribution in [0.25, 0.3) is 0 Å². The van der Waals surface area contributed by atoms with Gasteiger partial charge in [-0.15, -0.1) is 0 Å². The van der Waals surface area contributed by atoms with E-state index in [4.69, 9.17) is 25.2 Å². The normalized spacial score (nSPS) is 9.65. The Morgan fingerprint density at radius 2 is 1.85 bits per heavy atom. The summed E-state index contributed by atoms with van der Waals surface area (Å²) >= 11 is 0. The summed E-state index contributed by atoms with van der Waals surface area (Å²) in [7, 11) is 2.93. The lowest BCUT2D eigenvalue weighted by molar-refractivity contribution is 0.368. The molecule has 0 aliphatic carbocycles. The van der Waals surface area contributed by atoms with Gasteiger partial charge in [-0.2, -0.15) is 15.2 Å². The molecule has 0 atom stereocenters. The molecule has 1 heterocycles. The highest BCUT2D eigenvalue weighted by atomic mass is 16.5. The maximum Gasteiger partial charge on any atom is 0.250 e. The molecule has 0 amide bonds. The zero-order chi connectivity index (χ0) is 14.5. The molecule has 7 heteroatoms. The topological polar surface area (TPSA) is 103 Å². The van der Waals surface area contributed by atoms with Crippen molar-refractivity contribution >= 4 is 5.69 Å². The van der Waals surface area contributed by atoms with E-state index in [1.54, 1.807) is 18.2 Å². The zero-order valence-corrected chi connectivity index (χ0v) is 11.0. The highest BCUT2D eigenvalue weighted by molar-refractivity contribution is 5.58. The molecule has 102 valence electrons. The van der Waals surface area contributed by atoms with Crippen LogP contribution in [0.3, 0.4) is 0 Å². The molecule has 0 radical (unpaired) electrons. The van der Waals surface area contributed by atoms with Crippen molar-refractivity contribution < 1.29 is 14.2 Å². The van der Waals surface area contributed by atoms with Crippen LogP contribution < -0.4 is 19.9 Å². The van der Waals surface area contributed by atoms with Gasteiger partial charge in [0.05, 0.1) is 25.9 Å². The Morgan fingerprint density at radius 3 is 2.50 bits per heavy atom. The smallest absolute Gasteiger partial charge is 0.250 e. The van der Waals surface area contributed by atoms with Gasteiger partial charge in [0.15, 0.2) is 17.2 Å². The molecule has 0 saturated carbocycles. The summed E-state index contributed by atoms with van der Waals surface area (Å²) in [4.78, 5) is 7.80. The number of methoxy groups -OCH3 is 2. The first-order valence-corrected chi connectivity index (χ1v) is 5.60. The van der Waals surface area contributed by atoms with E-state index in [1.165, 1.54) is 20.5 Å². The van der Waals surface area contributed by atoms with E-state index >= 15 is 0 Å². The van der Waals surface area contributed by atoms with Crippen molar-refractivity contribution in [1.29, 1.82) is 5.26 Å². The fourth-order valence-electron chi connectivity index (χ4n) is 1.53. The summed E-state index contributed by atoms with van der Waals surface area (Å²) in [6.07, 6.45) is 1.28. The lowest BCUT2D eigenvalue weighted by atomic mass is 10.2. The molecule has 0 unspecified atom stereocenters. The summed E-state index contributed by atoms with van der Waals surface area (Å²) in [6, 6.07) is 6.78. The van der Waals surface area contributed by atoms with Crippen LogP contribution in [0.4, 0.5) is 5.69 Å². The predicted molar refractivity (Wildman–Crippen MR) is 70.8 cm³/mol. The minimum atomic E-state index is 0.153. The molecular formula is C13H12N4O3. The van der Waals surface area contributed by atoms with Gasteiger partial charge in [0.25, 0.3) is 0 Å². The largest absolute Gasteiger partial charge is 0.493 e. The average Bonchev–Trinajstić information content (AvgIpc) is 2.49. The van der Waals surface area contributed by atoms with E-state index in [-0.39, 0.29) is 17.4 Å². The van der Waals surface area contributed by atoms with Crippen LogP contribution in [-0.2, 0) is 0 Å². The molecule has 2 N–H and O–H groups in total. The maximum atomic E-state index is 8.85. The van der Waals surface area contributed by atoms with Gasteiger partial charge in [0.2, 0.25) is 11.8 Å². The predicted octanol–water partition coefficient (Wildman–Crippen LogP) is 1.74. The van der Waals surface area contributed by atoms with Gasteiger partial charge < -0.3 is 19.9 Å². The van der Waals surface area contributed by atoms with E-state index in [0.717, 1.165) is 0 Å². The minimum absolute atomic E-state index is 0.153. The van der Waals surface area contributed by atoms with Crippen molar-refractivity contribution in [3.8, 4) is 29.3 Å². The van der Waals surface area contributed by atoms with Crippen LogP contribution in [0.1, 0.15) is 5.56 Å². The number of benzene rings is 1. The van der Waals surface area contributed by atoms with Crippen molar-refractivity contribution in [2.45, 2.75) is 0 Å². The van der Waals surface area contributed by atoms with Crippen LogP contribution in [0.2, 0.25) is 0 Å². The van der Waals surface area contributed by atoms with Crippen molar-refractivity contribution in [1.82, 2.24) is 9.97 Å². The summed E-state index contributed by atoms with van der Waals surface area (Å²) in [5, 5.41) is 8.85. The number of nitrogen functional groups attached to an aromatic ring is 1. The van der Waals surface area contributed by atoms with Gasteiger partial charge in [0.1, 0.15) is 6.33 Å². The summed E-state index contributed by atoms with van der Waals surface area (Å²) in [5.41, 5.74) is 6.46. The Labute approximate surface area is 115 Å². The monoisotopic (exact) mass is 272 g/mol. The molecule has 7 nitrogen and oxygen atoms in total. The van der Waals surface area contributed by atoms with Crippen molar-refractivity contribution in [2.75, 3.05) is 20.0 Å². The lowest BCUT2D eigenvalue weighted by Gasteiger charge is -2.12. The van der Waals surface area contributed by atoms with Crippen molar-refractivity contribution in [3.63, 3.8) is 0 Å². The number of rotatable bonds is 4. The van der Waals surface area contributed by atoms with E-state index in [2.05, 4.69) is 9.97 Å². The first kappa shape index (κ1) is 13.4. The Kier molecular flexibility index (Phi) is 3.86. The average molecular weight is 272 g/mol. The van der Waals surface area contributed by atoms with Gasteiger partial charge in [-0.05, 0) is 12.1 Å². The highest BCUT2D eigenvalue weighted by Crippen LogP contribution is 2.35. The number of anilines is 1. The SMILES string of the molecule is COc1cc(C#N)ccc1Oc1ncnc(OC)c1N. The lowest BCUT2D eigenvalue weighted by Crippen LogP contribution is -2.01. The third-order valence-electron chi connectivity index (χ3n) is 2.50. The van der Waals surface area contributed by atoms with Gasteiger partial charge in [-0.1, -0.05) is 0 Å². The Balaban J connectivity index is 2.38. The number of hydrogen-bond acceptors (Lipinski definition) is 7. The third-order valence-corrected chi connectivity index (χ3v) is 2.50. The molecule has 1 aromatic heterocycles. The van der Waals surface area contributed by atoms with Crippen LogP contribution >= 0.6 is 0 Å². The minimum Gasteiger partial charge on any atom is -0.493 e. The summed E-state index contributed by atoms with van der Waals surface area (Å²) < 4.78 is 15.7. The molecular weight excluding hydrogens is 260 g/mol. The highest BCUT2D eigenvalue weighted by Gasteiger charge is 2.13. The molecule has 0 fully saturated rings. The quantitative estimate of drug-likeness (QED) is 0.903. The molecule has 0 aliphatic heterocycles. The number of hydrogen-bond donors (Lipinski definition) is 1. The summed E-state index contributed by atoms with van der Waals surface area (Å²) in [6.45, 7) is 0. The van der Waals surface area contributed by atoms with Crippen LogP contribution in [0.15, 0.2) is 24.5 Å². The second-order valence-corrected chi connectivity index (χ2v) is 3.68. The van der Waals surface area contributed by atoms with Gasteiger partial charge in [-0.25, -0.2) is 0 Å². The van der Waals surface area contributed by atoms with Crippen molar-refractivity contribution in [3.05, 3.63) is 30.1 Å². The molecule has 2 rings (SSSR count). The Bertz CT molecular complexity index is 667. The van der Waals surface area contributed by atoms with Crippen LogP contribution in [0, 0.1) is 11.3 Å². The molecule has 0 bridgehead atoms. The standard InChI is InChI=1S/C13H12N4O3/c1-18-10-5-8(6-14)3-4-9(10)20-13-11(15)12(19-2)16-7-17-13/h3-5,7H,15H2,1-2H3. The van der Waals surface area contributed by atoms with Gasteiger partial charge in [0, 0.05) is 6.07 Å². The summed E-state index contributed by atoms with van der Waals surface area (Å²) in [5.74, 6) is 1.17. The fourth-order valence-corrected chi connectivity index (χ4v) is 1.53. The number of ether oxygens (including phenoxy) is 3. The second kappa shape index (κ2) is 5.75. The van der Waals surface area contributed by atoms with E-state index in [9.17, 15) is 0 Å². The van der Waals surface area contributed by atoms with Crippen LogP contribution in [0.5, 0.6) is 23.3 Å². The molecule has 2 aromatic rings. The zero-order valence-electron chi connectivity index (χ0n) is 11.0. The second-order valence-electron chi connectivity index (χ2n) is 3.68. The molecule has 0 aliphatic rings. The van der Waals surface area contributed by atoms with E-state index in [0.29, 0.717) is 17.1 Å². The van der Waals surface area contributed by atoms with Gasteiger partial charge in [-0.3, -0.25) is 0 Å². The Hall–Kier alpha value is -3.01. The fraction of sp³-hybridized carbons (Fsp3) is 0.154. The molecule has 0 saturated heterocycles. The number of nitrogens with two attached hydrogens (primary N) is 1. The maximum absolute atomic E-state index is 8.85. The first-order valence-electron chi connectivity index (χ1n) is 5.60. The number of aromatic nitrogens is 2. The van der Waals surface area contributed by atoms with E-state index in [1.807, 2.05) is 6.07 Å². The molecule has 0 spiro atoms. The third kappa shape index (κ3) is 2.54. The number of nitriles is 1. The van der Waals surface area contributed by atoms with Crippen molar-refractivity contribution in [2.24, 2.45) is 0 Å². The Morgan fingerprint density at radius 1 is 1.10 bits per heavy atom. The first-order chi connectivity index (χ1) is 9.69. The molecule has 20 heavy (non-hydrogen) atoms. The number of nitrogens with zero attached hydrogens (tertiary/aromatic N) is 3. The molecule has 1 aromatic carbocycles. The van der Waals surface area contributed by atoms with E-state index < -0.39 is 0 Å². The van der Waals surface area contributed by atoms with Crippen LogP contribution in [-0.4, -0.2) is 24.2 Å².